The molecule has 3 aromatic rings. The molecule has 2 N–H and O–H groups in total. The van der Waals surface area contributed by atoms with E-state index < -0.39 is 10.8 Å². The van der Waals surface area contributed by atoms with E-state index in [-0.39, 0.29) is 24.7 Å². The number of carbonyl (C=O) groups is 2. The zero-order valence-electron chi connectivity index (χ0n) is 20.0. The van der Waals surface area contributed by atoms with Crippen molar-refractivity contribution in [3.05, 3.63) is 81.4 Å². The highest BCUT2D eigenvalue weighted by Gasteiger charge is 2.16. The molecule has 0 saturated heterocycles. The molecular formula is C26H27N3O6. The molecule has 0 spiro atoms. The summed E-state index contributed by atoms with van der Waals surface area (Å²) in [6.07, 6.45) is 0. The quantitative estimate of drug-likeness (QED) is 0.350. The molecule has 9 nitrogen and oxygen atoms in total. The third kappa shape index (κ3) is 6.57. The summed E-state index contributed by atoms with van der Waals surface area (Å²) in [4.78, 5) is 35.4. The Hall–Kier alpha value is -4.40. The molecule has 0 radical (unpaired) electrons. The monoisotopic (exact) mass is 477 g/mol. The first-order chi connectivity index (χ1) is 16.7. The zero-order chi connectivity index (χ0) is 25.5. The van der Waals surface area contributed by atoms with Gasteiger partial charge in [-0.1, -0.05) is 29.8 Å². The Morgan fingerprint density at radius 3 is 2.20 bits per heavy atom. The number of methoxy groups -OCH3 is 1. The van der Waals surface area contributed by atoms with Crippen molar-refractivity contribution in [2.24, 2.45) is 0 Å². The summed E-state index contributed by atoms with van der Waals surface area (Å²) in [6.45, 7) is 5.22. The standard InChI is InChI=1S/C26H27N3O6/c1-16-11-17(2)26(18(3)12-16)28-24(30)14-27-25(31)15-35-23-10-7-20(29(32)33)13-22(23)19-5-8-21(34-4)9-6-19/h5-13H,14-15H2,1-4H3,(H,27,31)(H,28,30). The molecule has 0 unspecified atom stereocenters. The van der Waals surface area contributed by atoms with Crippen LogP contribution >= 0.6 is 0 Å². The summed E-state index contributed by atoms with van der Waals surface area (Å²) in [6, 6.07) is 15.0. The minimum absolute atomic E-state index is 0.106. The van der Waals surface area contributed by atoms with Gasteiger partial charge in [0.05, 0.1) is 18.6 Å². The number of rotatable bonds is 9. The van der Waals surface area contributed by atoms with E-state index in [1.54, 1.807) is 31.4 Å². The van der Waals surface area contributed by atoms with Crippen LogP contribution in [-0.2, 0) is 9.59 Å². The highest BCUT2D eigenvalue weighted by atomic mass is 16.6. The Morgan fingerprint density at radius 1 is 0.943 bits per heavy atom. The fourth-order valence-corrected chi connectivity index (χ4v) is 3.69. The second-order valence-electron chi connectivity index (χ2n) is 8.05. The highest BCUT2D eigenvalue weighted by molar-refractivity contribution is 5.96. The molecule has 0 saturated carbocycles. The Morgan fingerprint density at radius 2 is 1.60 bits per heavy atom. The molecule has 3 rings (SSSR count). The van der Waals surface area contributed by atoms with Gasteiger partial charge in [0.2, 0.25) is 5.91 Å². The Kier molecular flexibility index (Phi) is 8.04. The second kappa shape index (κ2) is 11.1. The van der Waals surface area contributed by atoms with Crippen molar-refractivity contribution < 1.29 is 24.0 Å². The molecule has 0 aliphatic heterocycles. The van der Waals surface area contributed by atoms with Gasteiger partial charge in [-0.05, 0) is 55.7 Å². The lowest BCUT2D eigenvalue weighted by molar-refractivity contribution is -0.384. The largest absolute Gasteiger partial charge is 0.497 e. The molecule has 182 valence electrons. The summed E-state index contributed by atoms with van der Waals surface area (Å²) >= 11 is 0. The lowest BCUT2D eigenvalue weighted by Gasteiger charge is -2.14. The summed E-state index contributed by atoms with van der Waals surface area (Å²) in [5.74, 6) is 0.0702. The first-order valence-corrected chi connectivity index (χ1v) is 10.9. The molecule has 0 heterocycles. The van der Waals surface area contributed by atoms with E-state index in [0.29, 0.717) is 22.6 Å². The maximum absolute atomic E-state index is 12.3. The van der Waals surface area contributed by atoms with E-state index in [0.717, 1.165) is 22.4 Å². The van der Waals surface area contributed by atoms with Crippen molar-refractivity contribution in [2.75, 3.05) is 25.6 Å². The molecule has 3 aromatic carbocycles. The maximum Gasteiger partial charge on any atom is 0.270 e. The van der Waals surface area contributed by atoms with Gasteiger partial charge in [0.1, 0.15) is 11.5 Å². The molecule has 0 bridgehead atoms. The summed E-state index contributed by atoms with van der Waals surface area (Å²) in [5, 5.41) is 16.6. The Labute approximate surface area is 203 Å². The number of amides is 2. The van der Waals surface area contributed by atoms with Gasteiger partial charge >= 0.3 is 0 Å². The van der Waals surface area contributed by atoms with Crippen LogP contribution < -0.4 is 20.1 Å². The van der Waals surface area contributed by atoms with E-state index in [4.69, 9.17) is 9.47 Å². The van der Waals surface area contributed by atoms with Crippen LogP contribution in [0.25, 0.3) is 11.1 Å². The average Bonchev–Trinajstić information content (AvgIpc) is 2.83. The number of aryl methyl sites for hydroxylation is 3. The van der Waals surface area contributed by atoms with Gasteiger partial charge < -0.3 is 20.1 Å². The number of carbonyl (C=O) groups excluding carboxylic acids is 2. The second-order valence-corrected chi connectivity index (χ2v) is 8.05. The Balaban J connectivity index is 1.64. The van der Waals surface area contributed by atoms with Crippen LogP contribution in [0.4, 0.5) is 11.4 Å². The minimum Gasteiger partial charge on any atom is -0.497 e. The number of non-ortho nitro benzene ring substituents is 1. The topological polar surface area (TPSA) is 120 Å². The van der Waals surface area contributed by atoms with E-state index in [9.17, 15) is 19.7 Å². The van der Waals surface area contributed by atoms with Crippen LogP contribution in [0, 0.1) is 30.9 Å². The van der Waals surface area contributed by atoms with E-state index >= 15 is 0 Å². The molecule has 0 aliphatic rings. The zero-order valence-corrected chi connectivity index (χ0v) is 20.0. The van der Waals surface area contributed by atoms with Crippen molar-refractivity contribution in [3.8, 4) is 22.6 Å². The molecule has 0 aromatic heterocycles. The number of nitrogens with zero attached hydrogens (tertiary/aromatic N) is 1. The molecule has 2 amide bonds. The third-order valence-corrected chi connectivity index (χ3v) is 5.32. The SMILES string of the molecule is COc1ccc(-c2cc([N+](=O)[O-])ccc2OCC(=O)NCC(=O)Nc2c(C)cc(C)cc2C)cc1. The van der Waals surface area contributed by atoms with Gasteiger partial charge in [-0.15, -0.1) is 0 Å². The van der Waals surface area contributed by atoms with Crippen molar-refractivity contribution in [2.45, 2.75) is 20.8 Å². The normalized spacial score (nSPS) is 10.4. The van der Waals surface area contributed by atoms with Gasteiger partial charge in [-0.2, -0.15) is 0 Å². The fraction of sp³-hybridized carbons (Fsp3) is 0.231. The number of nitro groups is 1. The Bertz CT molecular complexity index is 1230. The molecule has 0 aliphatic carbocycles. The molecule has 9 heteroatoms. The van der Waals surface area contributed by atoms with E-state index in [1.165, 1.54) is 18.2 Å². The summed E-state index contributed by atoms with van der Waals surface area (Å²) < 4.78 is 10.8. The first kappa shape index (κ1) is 25.2. The van der Waals surface area contributed by atoms with Crippen LogP contribution in [0.2, 0.25) is 0 Å². The van der Waals surface area contributed by atoms with Gasteiger partial charge in [-0.3, -0.25) is 19.7 Å². The highest BCUT2D eigenvalue weighted by Crippen LogP contribution is 2.34. The minimum atomic E-state index is -0.503. The molecule has 0 fully saturated rings. The average molecular weight is 478 g/mol. The predicted octanol–water partition coefficient (Wildman–Crippen LogP) is 4.33. The van der Waals surface area contributed by atoms with Crippen molar-refractivity contribution >= 4 is 23.2 Å². The third-order valence-electron chi connectivity index (χ3n) is 5.32. The van der Waals surface area contributed by atoms with E-state index in [1.807, 2.05) is 32.9 Å². The number of hydrogen-bond donors (Lipinski definition) is 2. The van der Waals surface area contributed by atoms with Crippen molar-refractivity contribution in [1.82, 2.24) is 5.32 Å². The van der Waals surface area contributed by atoms with Crippen LogP contribution in [0.15, 0.2) is 54.6 Å². The summed E-state index contributed by atoms with van der Waals surface area (Å²) in [7, 11) is 1.54. The van der Waals surface area contributed by atoms with Crippen LogP contribution in [-0.4, -0.2) is 37.0 Å². The summed E-state index contributed by atoms with van der Waals surface area (Å²) in [5.41, 5.74) is 4.71. The number of ether oxygens (including phenoxy) is 2. The predicted molar refractivity (Wildman–Crippen MR) is 133 cm³/mol. The van der Waals surface area contributed by atoms with Gasteiger partial charge in [0.25, 0.3) is 11.6 Å². The number of nitro benzene ring substituents is 1. The van der Waals surface area contributed by atoms with Crippen LogP contribution in [0.1, 0.15) is 16.7 Å². The molecule has 0 atom stereocenters. The lowest BCUT2D eigenvalue weighted by atomic mass is 10.0. The van der Waals surface area contributed by atoms with Crippen LogP contribution in [0.3, 0.4) is 0 Å². The van der Waals surface area contributed by atoms with Gasteiger partial charge in [0, 0.05) is 23.4 Å². The smallest absolute Gasteiger partial charge is 0.270 e. The number of anilines is 1. The first-order valence-electron chi connectivity index (χ1n) is 10.9. The van der Waals surface area contributed by atoms with Crippen molar-refractivity contribution in [1.29, 1.82) is 0 Å². The number of hydrogen-bond acceptors (Lipinski definition) is 6. The van der Waals surface area contributed by atoms with Crippen LogP contribution in [0.5, 0.6) is 11.5 Å². The lowest BCUT2D eigenvalue weighted by Crippen LogP contribution is -2.36. The van der Waals surface area contributed by atoms with Gasteiger partial charge in [0.15, 0.2) is 6.61 Å². The van der Waals surface area contributed by atoms with Crippen molar-refractivity contribution in [3.63, 3.8) is 0 Å². The molecular weight excluding hydrogens is 450 g/mol. The maximum atomic E-state index is 12.3. The number of nitrogens with one attached hydrogen (secondary N) is 2. The van der Waals surface area contributed by atoms with Gasteiger partial charge in [-0.25, -0.2) is 0 Å². The van der Waals surface area contributed by atoms with E-state index in [2.05, 4.69) is 10.6 Å². The fourth-order valence-electron chi connectivity index (χ4n) is 3.69. The number of benzene rings is 3. The molecule has 35 heavy (non-hydrogen) atoms.